The van der Waals surface area contributed by atoms with Gasteiger partial charge in [-0.2, -0.15) is 0 Å². The van der Waals surface area contributed by atoms with Crippen LogP contribution in [0.15, 0.2) is 30.3 Å². The molecule has 0 unspecified atom stereocenters. The minimum atomic E-state index is 0.640. The molecule has 0 radical (unpaired) electrons. The van der Waals surface area contributed by atoms with Gasteiger partial charge in [0.1, 0.15) is 5.75 Å². The number of anilines is 4. The Morgan fingerprint density at radius 2 is 1.50 bits per heavy atom. The molecular weight excluding hydrogens is 276 g/mol. The van der Waals surface area contributed by atoms with E-state index in [1.54, 1.807) is 7.11 Å². The molecule has 120 valence electrons. The molecule has 0 heterocycles. The summed E-state index contributed by atoms with van der Waals surface area (Å²) in [6.45, 7) is 3.83. The van der Waals surface area contributed by atoms with Crippen molar-refractivity contribution in [2.24, 2.45) is 0 Å². The normalized spacial score (nSPS) is 9.68. The van der Waals surface area contributed by atoms with Crippen LogP contribution in [0, 0.1) is 13.8 Å². The molecule has 0 amide bonds. The molecule has 5 heteroatoms. The number of methoxy groups -OCH3 is 1. The number of nitrogen functional groups attached to an aromatic ring is 3. The summed E-state index contributed by atoms with van der Waals surface area (Å²) in [6.07, 6.45) is 0. The summed E-state index contributed by atoms with van der Waals surface area (Å²) in [4.78, 5) is 2.04. The van der Waals surface area contributed by atoms with E-state index < -0.39 is 0 Å². The number of rotatable bonds is 2. The summed E-state index contributed by atoms with van der Waals surface area (Å²) in [7, 11) is 5.60. The van der Waals surface area contributed by atoms with Gasteiger partial charge in [-0.25, -0.2) is 0 Å². The summed E-state index contributed by atoms with van der Waals surface area (Å²) in [5.74, 6) is 0.679. The van der Waals surface area contributed by atoms with Crippen molar-refractivity contribution in [2.75, 3.05) is 43.3 Å². The summed E-state index contributed by atoms with van der Waals surface area (Å²) in [5, 5.41) is 0. The van der Waals surface area contributed by atoms with Gasteiger partial charge >= 0.3 is 0 Å². The zero-order chi connectivity index (χ0) is 16.9. The first-order chi connectivity index (χ1) is 10.3. The lowest BCUT2D eigenvalue weighted by Gasteiger charge is -2.12. The van der Waals surface area contributed by atoms with E-state index in [2.05, 4.69) is 0 Å². The molecule has 0 aromatic heterocycles. The Kier molecular flexibility index (Phi) is 5.92. The molecule has 0 aliphatic rings. The molecule has 0 aliphatic carbocycles. The van der Waals surface area contributed by atoms with E-state index in [9.17, 15) is 0 Å². The molecular formula is C17H26N4O. The molecule has 5 nitrogen and oxygen atoms in total. The smallest absolute Gasteiger partial charge is 0.146 e. The second-order valence-electron chi connectivity index (χ2n) is 5.34. The van der Waals surface area contributed by atoms with Crippen LogP contribution in [0.2, 0.25) is 0 Å². The van der Waals surface area contributed by atoms with E-state index in [0.717, 1.165) is 22.5 Å². The lowest BCUT2D eigenvalue weighted by atomic mass is 10.1. The number of aryl methyl sites for hydroxylation is 1. The molecule has 0 atom stereocenters. The number of benzene rings is 2. The van der Waals surface area contributed by atoms with E-state index in [4.69, 9.17) is 21.9 Å². The summed E-state index contributed by atoms with van der Waals surface area (Å²) in [6, 6.07) is 9.61. The zero-order valence-electron chi connectivity index (χ0n) is 14.0. The molecule has 0 aliphatic heterocycles. The van der Waals surface area contributed by atoms with Crippen LogP contribution in [-0.2, 0) is 0 Å². The van der Waals surface area contributed by atoms with E-state index in [-0.39, 0.29) is 0 Å². The van der Waals surface area contributed by atoms with Gasteiger partial charge in [0.05, 0.1) is 12.8 Å². The van der Waals surface area contributed by atoms with Gasteiger partial charge in [-0.15, -0.1) is 0 Å². The van der Waals surface area contributed by atoms with Crippen LogP contribution in [0.4, 0.5) is 22.7 Å². The maximum atomic E-state index is 5.79. The van der Waals surface area contributed by atoms with Gasteiger partial charge in [0.15, 0.2) is 0 Å². The van der Waals surface area contributed by atoms with Crippen LogP contribution < -0.4 is 26.8 Å². The Hall–Kier alpha value is -2.56. The highest BCUT2D eigenvalue weighted by Gasteiger charge is 2.08. The minimum absolute atomic E-state index is 0.640. The molecule has 6 N–H and O–H groups in total. The predicted molar refractivity (Wildman–Crippen MR) is 96.5 cm³/mol. The van der Waals surface area contributed by atoms with Gasteiger partial charge in [0, 0.05) is 36.7 Å². The topological polar surface area (TPSA) is 90.5 Å². The van der Waals surface area contributed by atoms with Crippen LogP contribution in [0.3, 0.4) is 0 Å². The molecule has 22 heavy (non-hydrogen) atoms. The molecule has 0 saturated carbocycles. The highest BCUT2D eigenvalue weighted by molar-refractivity contribution is 5.69. The van der Waals surface area contributed by atoms with Crippen molar-refractivity contribution in [3.63, 3.8) is 0 Å². The first-order valence-electron chi connectivity index (χ1n) is 7.00. The number of nitrogens with two attached hydrogens (primary N) is 3. The SMILES string of the molecule is CN(C)c1ccc(N)cc1.COc1c(N)cc(C)c(N)c1C. The Bertz CT molecular complexity index is 622. The average molecular weight is 302 g/mol. The van der Waals surface area contributed by atoms with Gasteiger partial charge in [-0.05, 0) is 49.7 Å². The summed E-state index contributed by atoms with van der Waals surface area (Å²) >= 11 is 0. The van der Waals surface area contributed by atoms with Crippen LogP contribution >= 0.6 is 0 Å². The van der Waals surface area contributed by atoms with Gasteiger partial charge in [-0.1, -0.05) is 0 Å². The summed E-state index contributed by atoms with van der Waals surface area (Å²) in [5.41, 5.74) is 22.3. The maximum Gasteiger partial charge on any atom is 0.146 e. The molecule has 0 saturated heterocycles. The standard InChI is InChI=1S/C9H14N2O.C8H12N2/c1-5-4-7(10)9(12-3)6(2)8(5)11;1-10(2)8-5-3-7(9)4-6-8/h4H,10-11H2,1-3H3;3-6H,9H2,1-2H3. The van der Waals surface area contributed by atoms with Crippen molar-refractivity contribution in [1.82, 2.24) is 0 Å². The van der Waals surface area contributed by atoms with Crippen molar-refractivity contribution in [1.29, 1.82) is 0 Å². The van der Waals surface area contributed by atoms with Crippen molar-refractivity contribution >= 4 is 22.7 Å². The van der Waals surface area contributed by atoms with Crippen molar-refractivity contribution in [3.05, 3.63) is 41.5 Å². The largest absolute Gasteiger partial charge is 0.494 e. The maximum absolute atomic E-state index is 5.79. The van der Waals surface area contributed by atoms with Crippen molar-refractivity contribution in [2.45, 2.75) is 13.8 Å². The average Bonchev–Trinajstić information content (AvgIpc) is 2.46. The van der Waals surface area contributed by atoms with Gasteiger partial charge < -0.3 is 26.8 Å². The number of hydrogen-bond donors (Lipinski definition) is 3. The quantitative estimate of drug-likeness (QED) is 0.742. The monoisotopic (exact) mass is 302 g/mol. The summed E-state index contributed by atoms with van der Waals surface area (Å²) < 4.78 is 5.11. The minimum Gasteiger partial charge on any atom is -0.494 e. The van der Waals surface area contributed by atoms with Crippen LogP contribution in [-0.4, -0.2) is 21.2 Å². The van der Waals surface area contributed by atoms with E-state index in [1.165, 1.54) is 5.69 Å². The Morgan fingerprint density at radius 1 is 0.955 bits per heavy atom. The van der Waals surface area contributed by atoms with Crippen molar-refractivity contribution < 1.29 is 4.74 Å². The molecule has 0 fully saturated rings. The van der Waals surface area contributed by atoms with Gasteiger partial charge in [0.2, 0.25) is 0 Å². The Balaban J connectivity index is 0.000000224. The second kappa shape index (κ2) is 7.45. The van der Waals surface area contributed by atoms with E-state index in [1.807, 2.05) is 63.2 Å². The molecule has 2 rings (SSSR count). The lowest BCUT2D eigenvalue weighted by molar-refractivity contribution is 0.414. The lowest BCUT2D eigenvalue weighted by Crippen LogP contribution is -2.08. The molecule has 2 aromatic carbocycles. The van der Waals surface area contributed by atoms with Gasteiger partial charge in [-0.3, -0.25) is 0 Å². The van der Waals surface area contributed by atoms with Crippen molar-refractivity contribution in [3.8, 4) is 5.75 Å². The third kappa shape index (κ3) is 4.22. The first-order valence-corrected chi connectivity index (χ1v) is 7.00. The second-order valence-corrected chi connectivity index (χ2v) is 5.34. The first kappa shape index (κ1) is 17.5. The van der Waals surface area contributed by atoms with Crippen LogP contribution in [0.25, 0.3) is 0 Å². The fourth-order valence-electron chi connectivity index (χ4n) is 2.05. The van der Waals surface area contributed by atoms with Crippen LogP contribution in [0.5, 0.6) is 5.75 Å². The van der Waals surface area contributed by atoms with Gasteiger partial charge in [0.25, 0.3) is 0 Å². The predicted octanol–water partition coefficient (Wildman–Crippen LogP) is 2.81. The number of ether oxygens (including phenoxy) is 1. The number of hydrogen-bond acceptors (Lipinski definition) is 5. The highest BCUT2D eigenvalue weighted by Crippen LogP contribution is 2.32. The third-order valence-corrected chi connectivity index (χ3v) is 3.42. The Morgan fingerprint density at radius 3 is 1.95 bits per heavy atom. The Labute approximate surface area is 132 Å². The fourth-order valence-corrected chi connectivity index (χ4v) is 2.05. The molecule has 0 spiro atoms. The zero-order valence-corrected chi connectivity index (χ0v) is 14.0. The van der Waals surface area contributed by atoms with E-state index in [0.29, 0.717) is 11.4 Å². The molecule has 0 bridgehead atoms. The van der Waals surface area contributed by atoms with E-state index >= 15 is 0 Å². The molecule has 2 aromatic rings. The van der Waals surface area contributed by atoms with Crippen LogP contribution in [0.1, 0.15) is 11.1 Å². The highest BCUT2D eigenvalue weighted by atomic mass is 16.5. The number of nitrogens with zero attached hydrogens (tertiary/aromatic N) is 1. The third-order valence-electron chi connectivity index (χ3n) is 3.42. The fraction of sp³-hybridized carbons (Fsp3) is 0.294.